The number of hydrogen-bond donors (Lipinski definition) is 1. The van der Waals surface area contributed by atoms with Crippen molar-refractivity contribution in [3.05, 3.63) is 23.8 Å². The molecule has 0 saturated carbocycles. The molecule has 0 aliphatic heterocycles. The van der Waals surface area contributed by atoms with Crippen LogP contribution in [-0.2, 0) is 13.6 Å². The van der Waals surface area contributed by atoms with Gasteiger partial charge in [0.05, 0.1) is 18.5 Å². The number of aryl methyl sites for hydroxylation is 1. The van der Waals surface area contributed by atoms with Gasteiger partial charge in [0.1, 0.15) is 5.75 Å². The minimum Gasteiger partial charge on any atom is -0.508 e. The van der Waals surface area contributed by atoms with Gasteiger partial charge in [-0.25, -0.2) is 0 Å². The Kier molecular flexibility index (Phi) is 4.54. The molecule has 0 amide bonds. The van der Waals surface area contributed by atoms with E-state index in [4.69, 9.17) is 9.05 Å². The largest absolute Gasteiger partial charge is 0.508 e. The second-order valence-electron chi connectivity index (χ2n) is 3.30. The summed E-state index contributed by atoms with van der Waals surface area (Å²) < 4.78 is 22.8. The van der Waals surface area contributed by atoms with Crippen LogP contribution in [0.15, 0.2) is 18.2 Å². The van der Waals surface area contributed by atoms with E-state index in [0.717, 1.165) is 0 Å². The fourth-order valence-electron chi connectivity index (χ4n) is 1.34. The SMILES string of the molecule is CCOP(=O)(OCC)c1ccc(O)c(C)c1. The zero-order valence-corrected chi connectivity index (χ0v) is 10.7. The average Bonchev–Trinajstić information content (AvgIpc) is 2.22. The second-order valence-corrected chi connectivity index (χ2v) is 5.33. The predicted octanol–water partition coefficient (Wildman–Crippen LogP) is 2.59. The number of phenolic OH excluding ortho intramolecular Hbond substituents is 1. The molecule has 0 atom stereocenters. The smallest absolute Gasteiger partial charge is 0.361 e. The van der Waals surface area contributed by atoms with E-state index in [1.165, 1.54) is 6.07 Å². The predicted molar refractivity (Wildman–Crippen MR) is 63.3 cm³/mol. The number of aromatic hydroxyl groups is 1. The molecule has 1 N–H and O–H groups in total. The fourth-order valence-corrected chi connectivity index (χ4v) is 3.00. The highest BCUT2D eigenvalue weighted by molar-refractivity contribution is 7.62. The third kappa shape index (κ3) is 2.85. The van der Waals surface area contributed by atoms with Crippen molar-refractivity contribution >= 4 is 12.9 Å². The fraction of sp³-hybridized carbons (Fsp3) is 0.455. The molecule has 4 nitrogen and oxygen atoms in total. The lowest BCUT2D eigenvalue weighted by Gasteiger charge is -2.17. The Morgan fingerprint density at radius 2 is 1.81 bits per heavy atom. The van der Waals surface area contributed by atoms with Crippen LogP contribution in [0.25, 0.3) is 0 Å². The molecule has 0 unspecified atom stereocenters. The number of benzene rings is 1. The lowest BCUT2D eigenvalue weighted by molar-refractivity contribution is 0.230. The highest BCUT2D eigenvalue weighted by atomic mass is 31.2. The van der Waals surface area contributed by atoms with Gasteiger partial charge < -0.3 is 14.2 Å². The third-order valence-corrected chi connectivity index (χ3v) is 4.20. The highest BCUT2D eigenvalue weighted by Gasteiger charge is 2.26. The third-order valence-electron chi connectivity index (χ3n) is 2.09. The van der Waals surface area contributed by atoms with E-state index in [-0.39, 0.29) is 5.75 Å². The molecule has 1 aromatic carbocycles. The van der Waals surface area contributed by atoms with Crippen LogP contribution in [0.4, 0.5) is 0 Å². The van der Waals surface area contributed by atoms with Gasteiger partial charge in [-0.2, -0.15) is 0 Å². The molecule has 0 aliphatic rings. The van der Waals surface area contributed by atoms with Gasteiger partial charge in [-0.15, -0.1) is 0 Å². The van der Waals surface area contributed by atoms with E-state index in [0.29, 0.717) is 24.1 Å². The van der Waals surface area contributed by atoms with E-state index >= 15 is 0 Å². The minimum atomic E-state index is -3.23. The Balaban J connectivity index is 3.11. The molecule has 90 valence electrons. The van der Waals surface area contributed by atoms with Crippen LogP contribution in [0.3, 0.4) is 0 Å². The van der Waals surface area contributed by atoms with Crippen LogP contribution in [0.1, 0.15) is 19.4 Å². The summed E-state index contributed by atoms with van der Waals surface area (Å²) >= 11 is 0. The van der Waals surface area contributed by atoms with Crippen LogP contribution in [0, 0.1) is 6.92 Å². The van der Waals surface area contributed by atoms with Gasteiger partial charge in [-0.1, -0.05) is 0 Å². The Bertz CT molecular complexity index is 393. The first-order valence-electron chi connectivity index (χ1n) is 5.22. The maximum Gasteiger partial charge on any atom is 0.361 e. The molecule has 5 heteroatoms. The second kappa shape index (κ2) is 5.48. The maximum atomic E-state index is 12.4. The van der Waals surface area contributed by atoms with Gasteiger partial charge in [0, 0.05) is 0 Å². The van der Waals surface area contributed by atoms with Crippen molar-refractivity contribution in [1.82, 2.24) is 0 Å². The molecule has 1 aromatic rings. The van der Waals surface area contributed by atoms with Crippen molar-refractivity contribution in [2.24, 2.45) is 0 Å². The summed E-state index contributed by atoms with van der Waals surface area (Å²) in [7, 11) is -3.23. The van der Waals surface area contributed by atoms with Crippen LogP contribution in [-0.4, -0.2) is 18.3 Å². The number of phenols is 1. The number of hydrogen-bond acceptors (Lipinski definition) is 4. The Hall–Kier alpha value is -0.830. The molecule has 0 aromatic heterocycles. The Morgan fingerprint density at radius 1 is 1.25 bits per heavy atom. The summed E-state index contributed by atoms with van der Waals surface area (Å²) in [6.45, 7) is 5.90. The van der Waals surface area contributed by atoms with Crippen LogP contribution >= 0.6 is 7.60 Å². The van der Waals surface area contributed by atoms with Gasteiger partial charge >= 0.3 is 7.60 Å². The van der Waals surface area contributed by atoms with E-state index < -0.39 is 7.60 Å². The Morgan fingerprint density at radius 3 is 2.25 bits per heavy atom. The zero-order valence-electron chi connectivity index (χ0n) is 9.77. The van der Waals surface area contributed by atoms with Gasteiger partial charge in [-0.05, 0) is 44.5 Å². The van der Waals surface area contributed by atoms with E-state index in [9.17, 15) is 9.67 Å². The lowest BCUT2D eigenvalue weighted by atomic mass is 10.2. The molecular weight excluding hydrogens is 227 g/mol. The topological polar surface area (TPSA) is 55.8 Å². The quantitative estimate of drug-likeness (QED) is 0.809. The first kappa shape index (κ1) is 13.2. The normalized spacial score (nSPS) is 11.7. The summed E-state index contributed by atoms with van der Waals surface area (Å²) in [6.07, 6.45) is 0. The summed E-state index contributed by atoms with van der Waals surface area (Å²) in [5.41, 5.74) is 0.650. The summed E-state index contributed by atoms with van der Waals surface area (Å²) in [5.74, 6) is 0.170. The monoisotopic (exact) mass is 244 g/mol. The van der Waals surface area contributed by atoms with Gasteiger partial charge in [-0.3, -0.25) is 4.57 Å². The van der Waals surface area contributed by atoms with Crippen molar-refractivity contribution in [2.45, 2.75) is 20.8 Å². The Labute approximate surface area is 95.7 Å². The minimum absolute atomic E-state index is 0.170. The molecule has 0 bridgehead atoms. The van der Waals surface area contributed by atoms with Crippen molar-refractivity contribution in [3.8, 4) is 5.75 Å². The molecule has 0 spiro atoms. The first-order chi connectivity index (χ1) is 7.53. The van der Waals surface area contributed by atoms with Crippen molar-refractivity contribution in [1.29, 1.82) is 0 Å². The molecular formula is C11H17O4P. The van der Waals surface area contributed by atoms with Crippen LogP contribution in [0.5, 0.6) is 5.75 Å². The summed E-state index contributed by atoms with van der Waals surface area (Å²) in [6, 6.07) is 4.69. The first-order valence-corrected chi connectivity index (χ1v) is 6.77. The van der Waals surface area contributed by atoms with E-state index in [1.807, 2.05) is 0 Å². The van der Waals surface area contributed by atoms with E-state index in [2.05, 4.69) is 0 Å². The zero-order chi connectivity index (χ0) is 12.2. The molecule has 0 fully saturated rings. The highest BCUT2D eigenvalue weighted by Crippen LogP contribution is 2.47. The van der Waals surface area contributed by atoms with Crippen molar-refractivity contribution < 1.29 is 18.7 Å². The lowest BCUT2D eigenvalue weighted by Crippen LogP contribution is -2.10. The molecule has 0 aliphatic carbocycles. The molecule has 0 saturated heterocycles. The molecule has 0 heterocycles. The van der Waals surface area contributed by atoms with Gasteiger partial charge in [0.25, 0.3) is 0 Å². The molecule has 1 rings (SSSR count). The van der Waals surface area contributed by atoms with Crippen LogP contribution in [0.2, 0.25) is 0 Å². The van der Waals surface area contributed by atoms with E-state index in [1.54, 1.807) is 32.9 Å². The van der Waals surface area contributed by atoms with Crippen molar-refractivity contribution in [3.63, 3.8) is 0 Å². The van der Waals surface area contributed by atoms with Gasteiger partial charge in [0.15, 0.2) is 0 Å². The molecule has 0 radical (unpaired) electrons. The summed E-state index contributed by atoms with van der Waals surface area (Å²) in [5, 5.41) is 9.88. The summed E-state index contributed by atoms with van der Waals surface area (Å²) in [4.78, 5) is 0. The van der Waals surface area contributed by atoms with Crippen molar-refractivity contribution in [2.75, 3.05) is 13.2 Å². The standard InChI is InChI=1S/C11H17O4P/c1-4-14-16(13,15-5-2)10-6-7-11(12)9(3)8-10/h6-8,12H,4-5H2,1-3H3. The maximum absolute atomic E-state index is 12.4. The van der Waals surface area contributed by atoms with Gasteiger partial charge in [0.2, 0.25) is 0 Å². The van der Waals surface area contributed by atoms with Crippen LogP contribution < -0.4 is 5.30 Å². The molecule has 16 heavy (non-hydrogen) atoms. The average molecular weight is 244 g/mol. The number of rotatable bonds is 5.